The van der Waals surface area contributed by atoms with Gasteiger partial charge in [0.05, 0.1) is 12.3 Å². The highest BCUT2D eigenvalue weighted by atomic mass is 32.2. The van der Waals surface area contributed by atoms with Crippen molar-refractivity contribution in [3.8, 4) is 0 Å². The highest BCUT2D eigenvalue weighted by Crippen LogP contribution is 2.09. The zero-order valence-electron chi connectivity index (χ0n) is 6.44. The molecule has 0 fully saturated rings. The minimum absolute atomic E-state index is 0.606. The van der Waals surface area contributed by atoms with Gasteiger partial charge in [0, 0.05) is 6.07 Å². The maximum absolute atomic E-state index is 10.0. The lowest BCUT2D eigenvalue weighted by molar-refractivity contribution is 0.569. The number of nitrogens with one attached hydrogen (secondary N) is 1. The Morgan fingerprint density at radius 1 is 1.92 bits per heavy atom. The Bertz CT molecular complexity index is 311. The molecule has 1 heterocycles. The Labute approximate surface area is 73.8 Å². The minimum atomic E-state index is 0.606. The summed E-state index contributed by atoms with van der Waals surface area (Å²) in [7, 11) is 0. The Kier molecular flexibility index (Phi) is 3.32. The molecule has 0 aliphatic heterocycles. The fourth-order valence-electron chi connectivity index (χ4n) is 0.617. The molecule has 0 bridgehead atoms. The SMILES string of the molecule is CS/C(C=C=O)=N/c1ccn[nH]1. The fourth-order valence-corrected chi connectivity index (χ4v) is 0.972. The second-order valence-corrected chi connectivity index (χ2v) is 2.68. The van der Waals surface area contributed by atoms with Crippen LogP contribution in [0.3, 0.4) is 0 Å². The topological polar surface area (TPSA) is 58.1 Å². The number of hydrogen-bond donors (Lipinski definition) is 1. The van der Waals surface area contributed by atoms with Crippen LogP contribution < -0.4 is 0 Å². The molecular formula is C7H7N3OS. The van der Waals surface area contributed by atoms with Gasteiger partial charge in [0.15, 0.2) is 0 Å². The van der Waals surface area contributed by atoms with Gasteiger partial charge in [-0.2, -0.15) is 5.10 Å². The van der Waals surface area contributed by atoms with Gasteiger partial charge in [-0.1, -0.05) is 0 Å². The average Bonchev–Trinajstić information content (AvgIpc) is 2.56. The van der Waals surface area contributed by atoms with Crippen molar-refractivity contribution in [2.75, 3.05) is 6.26 Å². The molecule has 0 saturated carbocycles. The molecule has 0 aliphatic carbocycles. The van der Waals surface area contributed by atoms with Crippen molar-refractivity contribution < 1.29 is 4.79 Å². The van der Waals surface area contributed by atoms with E-state index in [1.165, 1.54) is 17.8 Å². The smallest absolute Gasteiger partial charge is 0.149 e. The fraction of sp³-hybridized carbons (Fsp3) is 0.143. The van der Waals surface area contributed by atoms with E-state index in [0.717, 1.165) is 0 Å². The van der Waals surface area contributed by atoms with Gasteiger partial charge in [0.25, 0.3) is 0 Å². The van der Waals surface area contributed by atoms with Crippen LogP contribution in [0.4, 0.5) is 5.82 Å². The maximum Gasteiger partial charge on any atom is 0.149 e. The molecule has 5 heteroatoms. The first-order chi connectivity index (χ1) is 5.86. The maximum atomic E-state index is 10.0. The molecule has 0 aromatic carbocycles. The minimum Gasteiger partial charge on any atom is -0.261 e. The molecule has 0 amide bonds. The number of rotatable bonds is 2. The first kappa shape index (κ1) is 8.77. The quantitative estimate of drug-likeness (QED) is 0.423. The Balaban J connectivity index is 2.85. The number of hydrogen-bond acceptors (Lipinski definition) is 4. The summed E-state index contributed by atoms with van der Waals surface area (Å²) in [6, 6.07) is 1.72. The van der Waals surface area contributed by atoms with Gasteiger partial charge in [-0.25, -0.2) is 9.79 Å². The van der Waals surface area contributed by atoms with Crippen molar-refractivity contribution in [3.05, 3.63) is 18.3 Å². The summed E-state index contributed by atoms with van der Waals surface area (Å²) in [5.74, 6) is 2.30. The van der Waals surface area contributed by atoms with Crippen LogP contribution in [0.5, 0.6) is 0 Å². The van der Waals surface area contributed by atoms with Gasteiger partial charge in [0.2, 0.25) is 0 Å². The summed E-state index contributed by atoms with van der Waals surface area (Å²) in [6.07, 6.45) is 4.72. The van der Waals surface area contributed by atoms with Crippen molar-refractivity contribution >= 4 is 28.6 Å². The molecule has 0 aliphatic rings. The van der Waals surface area contributed by atoms with Crippen LogP contribution in [0.2, 0.25) is 0 Å². The molecule has 0 spiro atoms. The molecule has 62 valence electrons. The van der Waals surface area contributed by atoms with Crippen molar-refractivity contribution in [2.24, 2.45) is 4.99 Å². The summed E-state index contributed by atoms with van der Waals surface area (Å²) in [6.45, 7) is 0. The van der Waals surface area contributed by atoms with Gasteiger partial charge < -0.3 is 0 Å². The monoisotopic (exact) mass is 181 g/mol. The van der Waals surface area contributed by atoms with Crippen LogP contribution in [0.25, 0.3) is 0 Å². The molecule has 0 radical (unpaired) electrons. The van der Waals surface area contributed by atoms with Crippen LogP contribution in [-0.2, 0) is 4.79 Å². The highest BCUT2D eigenvalue weighted by molar-refractivity contribution is 8.13. The number of aromatic nitrogens is 2. The van der Waals surface area contributed by atoms with E-state index < -0.39 is 0 Å². The lowest BCUT2D eigenvalue weighted by Gasteiger charge is -1.90. The first-order valence-corrected chi connectivity index (χ1v) is 4.42. The van der Waals surface area contributed by atoms with Crippen LogP contribution in [-0.4, -0.2) is 27.4 Å². The average molecular weight is 181 g/mol. The predicted octanol–water partition coefficient (Wildman–Crippen LogP) is 1.19. The van der Waals surface area contributed by atoms with Crippen molar-refractivity contribution in [1.29, 1.82) is 0 Å². The zero-order valence-corrected chi connectivity index (χ0v) is 7.26. The number of aliphatic imine (C=N–C) groups is 1. The second-order valence-electron chi connectivity index (χ2n) is 1.86. The Hall–Kier alpha value is -1.32. The van der Waals surface area contributed by atoms with E-state index >= 15 is 0 Å². The molecule has 1 aromatic heterocycles. The second kappa shape index (κ2) is 4.54. The summed E-state index contributed by atoms with van der Waals surface area (Å²) in [5.41, 5.74) is 0. The lowest BCUT2D eigenvalue weighted by Crippen LogP contribution is -1.83. The third-order valence-electron chi connectivity index (χ3n) is 1.11. The first-order valence-electron chi connectivity index (χ1n) is 3.19. The van der Waals surface area contributed by atoms with E-state index in [4.69, 9.17) is 0 Å². The summed E-state index contributed by atoms with van der Waals surface area (Å²) < 4.78 is 0. The predicted molar refractivity (Wildman–Crippen MR) is 49.5 cm³/mol. The standard InChI is InChI=1S/C7H7N3OS/c1-12-7(3-5-11)9-6-2-4-8-10-6/h2-4H,1H3,(H,8,10)/b9-7+. The normalized spacial score (nSPS) is 10.9. The van der Waals surface area contributed by atoms with Crippen molar-refractivity contribution in [1.82, 2.24) is 10.2 Å². The third kappa shape index (κ3) is 2.38. The largest absolute Gasteiger partial charge is 0.261 e. The van der Waals surface area contributed by atoms with Gasteiger partial charge in [-0.05, 0) is 6.26 Å². The summed E-state index contributed by atoms with van der Waals surface area (Å²) in [5, 5.41) is 6.98. The van der Waals surface area contributed by atoms with E-state index in [1.807, 2.05) is 6.26 Å². The van der Waals surface area contributed by atoms with E-state index in [1.54, 1.807) is 18.2 Å². The molecule has 0 unspecified atom stereocenters. The molecule has 12 heavy (non-hydrogen) atoms. The molecule has 0 saturated heterocycles. The van der Waals surface area contributed by atoms with E-state index in [-0.39, 0.29) is 0 Å². The number of aromatic amines is 1. The van der Waals surface area contributed by atoms with Crippen LogP contribution in [0, 0.1) is 0 Å². The lowest BCUT2D eigenvalue weighted by atomic mass is 10.6. The van der Waals surface area contributed by atoms with Crippen LogP contribution in [0.1, 0.15) is 0 Å². The van der Waals surface area contributed by atoms with E-state index in [9.17, 15) is 4.79 Å². The van der Waals surface area contributed by atoms with Gasteiger partial charge in [0.1, 0.15) is 16.8 Å². The number of H-pyrrole nitrogens is 1. The van der Waals surface area contributed by atoms with E-state index in [0.29, 0.717) is 10.9 Å². The highest BCUT2D eigenvalue weighted by Gasteiger charge is 1.93. The van der Waals surface area contributed by atoms with Crippen LogP contribution >= 0.6 is 11.8 Å². The molecular weight excluding hydrogens is 174 g/mol. The van der Waals surface area contributed by atoms with Crippen LogP contribution in [0.15, 0.2) is 23.3 Å². The number of nitrogens with zero attached hydrogens (tertiary/aromatic N) is 2. The van der Waals surface area contributed by atoms with Gasteiger partial charge in [-0.15, -0.1) is 11.8 Å². The molecule has 4 nitrogen and oxygen atoms in total. The number of carbonyl (C=O) groups excluding carboxylic acids is 1. The molecule has 1 N–H and O–H groups in total. The van der Waals surface area contributed by atoms with Crippen molar-refractivity contribution in [2.45, 2.75) is 0 Å². The summed E-state index contributed by atoms with van der Waals surface area (Å²) in [4.78, 5) is 14.1. The summed E-state index contributed by atoms with van der Waals surface area (Å²) >= 11 is 1.38. The molecule has 1 aromatic rings. The van der Waals surface area contributed by atoms with Gasteiger partial charge in [-0.3, -0.25) is 5.10 Å². The van der Waals surface area contributed by atoms with Crippen molar-refractivity contribution in [3.63, 3.8) is 0 Å². The molecule has 1 rings (SSSR count). The zero-order chi connectivity index (χ0) is 8.81. The third-order valence-corrected chi connectivity index (χ3v) is 1.74. The Morgan fingerprint density at radius 3 is 3.25 bits per heavy atom. The van der Waals surface area contributed by atoms with Gasteiger partial charge >= 0.3 is 0 Å². The molecule has 0 atom stereocenters. The van der Waals surface area contributed by atoms with E-state index in [2.05, 4.69) is 15.2 Å². The number of thioether (sulfide) groups is 1. The Morgan fingerprint density at radius 2 is 2.75 bits per heavy atom.